The largest absolute Gasteiger partial charge is 0.349 e. The van der Waals surface area contributed by atoms with Gasteiger partial charge in [-0.15, -0.1) is 0 Å². The summed E-state index contributed by atoms with van der Waals surface area (Å²) in [6, 6.07) is 10.5. The van der Waals surface area contributed by atoms with Crippen LogP contribution in [-0.2, 0) is 9.47 Å². The van der Waals surface area contributed by atoms with Crippen LogP contribution in [-0.4, -0.2) is 12.4 Å². The van der Waals surface area contributed by atoms with Crippen molar-refractivity contribution in [1.29, 1.82) is 0 Å². The molecular weight excluding hydrogens is 272 g/mol. The van der Waals surface area contributed by atoms with E-state index in [2.05, 4.69) is 52.0 Å². The van der Waals surface area contributed by atoms with Crippen LogP contribution in [0, 0.1) is 22.7 Å². The van der Waals surface area contributed by atoms with Crippen LogP contribution in [0.2, 0.25) is 0 Å². The van der Waals surface area contributed by atoms with Gasteiger partial charge in [-0.2, -0.15) is 0 Å². The summed E-state index contributed by atoms with van der Waals surface area (Å²) in [6.45, 7) is 9.48. The lowest BCUT2D eigenvalue weighted by Crippen LogP contribution is -2.38. The summed E-state index contributed by atoms with van der Waals surface area (Å²) < 4.78 is 12.7. The molecule has 1 saturated heterocycles. The molecule has 0 amide bonds. The van der Waals surface area contributed by atoms with Crippen molar-refractivity contribution < 1.29 is 9.47 Å². The standard InChI is InChI=1S/C20H28O2/c1-13(14-8-6-5-7-9-14)21-17-12-15-16-10-11-20(4,18(15)22-17)19(16,2)3/h5-9,13,15-18H,10-12H2,1-4H3/t13-,15+,16+,17+,18+,20-/m0/s1. The highest BCUT2D eigenvalue weighted by atomic mass is 16.7. The van der Waals surface area contributed by atoms with Gasteiger partial charge in [-0.3, -0.25) is 0 Å². The highest BCUT2D eigenvalue weighted by molar-refractivity contribution is 5.18. The number of hydrogen-bond acceptors (Lipinski definition) is 2. The molecule has 22 heavy (non-hydrogen) atoms. The third-order valence-electron chi connectivity index (χ3n) is 7.30. The number of rotatable bonds is 3. The van der Waals surface area contributed by atoms with E-state index in [1.54, 1.807) is 0 Å². The average molecular weight is 300 g/mol. The predicted molar refractivity (Wildman–Crippen MR) is 87.3 cm³/mol. The summed E-state index contributed by atoms with van der Waals surface area (Å²) in [5, 5.41) is 0. The van der Waals surface area contributed by atoms with Gasteiger partial charge in [0.1, 0.15) is 0 Å². The van der Waals surface area contributed by atoms with Gasteiger partial charge in [0, 0.05) is 6.42 Å². The first-order valence-corrected chi connectivity index (χ1v) is 8.79. The van der Waals surface area contributed by atoms with Crippen molar-refractivity contribution in [3.8, 4) is 0 Å². The Morgan fingerprint density at radius 3 is 2.59 bits per heavy atom. The van der Waals surface area contributed by atoms with Gasteiger partial charge in [0.15, 0.2) is 6.29 Å². The van der Waals surface area contributed by atoms with E-state index < -0.39 is 0 Å². The van der Waals surface area contributed by atoms with Crippen molar-refractivity contribution in [1.82, 2.24) is 0 Å². The summed E-state index contributed by atoms with van der Waals surface area (Å²) >= 11 is 0. The third-order valence-corrected chi connectivity index (χ3v) is 7.30. The van der Waals surface area contributed by atoms with E-state index in [0.717, 1.165) is 12.3 Å². The average Bonchev–Trinajstić information content (AvgIpc) is 3.05. The van der Waals surface area contributed by atoms with Crippen molar-refractivity contribution in [3.05, 3.63) is 35.9 Å². The molecule has 4 rings (SSSR count). The number of hydrogen-bond donors (Lipinski definition) is 0. The smallest absolute Gasteiger partial charge is 0.159 e. The van der Waals surface area contributed by atoms with E-state index in [1.807, 2.05) is 6.07 Å². The Balaban J connectivity index is 1.47. The van der Waals surface area contributed by atoms with E-state index in [-0.39, 0.29) is 12.4 Å². The maximum Gasteiger partial charge on any atom is 0.159 e. The van der Waals surface area contributed by atoms with Crippen molar-refractivity contribution in [2.75, 3.05) is 0 Å². The fourth-order valence-electron chi connectivity index (χ4n) is 5.60. The second kappa shape index (κ2) is 4.82. The van der Waals surface area contributed by atoms with E-state index in [0.29, 0.717) is 22.9 Å². The van der Waals surface area contributed by atoms with E-state index in [1.165, 1.54) is 18.4 Å². The van der Waals surface area contributed by atoms with Crippen molar-refractivity contribution in [2.45, 2.75) is 65.5 Å². The maximum atomic E-state index is 6.43. The molecule has 0 aromatic heterocycles. The summed E-state index contributed by atoms with van der Waals surface area (Å²) in [6.07, 6.45) is 4.23. The zero-order valence-corrected chi connectivity index (χ0v) is 14.2. The minimum absolute atomic E-state index is 0.0266. The Bertz CT molecular complexity index is 552. The van der Waals surface area contributed by atoms with Gasteiger partial charge in [0.2, 0.25) is 0 Å². The molecule has 3 aliphatic rings. The first-order chi connectivity index (χ1) is 10.4. The Morgan fingerprint density at radius 1 is 1.18 bits per heavy atom. The lowest BCUT2D eigenvalue weighted by molar-refractivity contribution is -0.184. The minimum atomic E-state index is -0.0266. The number of fused-ring (bicyclic) bond motifs is 5. The van der Waals surface area contributed by atoms with Crippen molar-refractivity contribution >= 4 is 0 Å². The molecule has 1 aliphatic heterocycles. The zero-order valence-electron chi connectivity index (χ0n) is 14.2. The molecular formula is C20H28O2. The van der Waals surface area contributed by atoms with E-state index in [4.69, 9.17) is 9.47 Å². The molecule has 2 aliphatic carbocycles. The lowest BCUT2D eigenvalue weighted by Gasteiger charge is -2.38. The van der Waals surface area contributed by atoms with Gasteiger partial charge in [0.05, 0.1) is 12.2 Å². The van der Waals surface area contributed by atoms with E-state index >= 15 is 0 Å². The van der Waals surface area contributed by atoms with Crippen molar-refractivity contribution in [2.24, 2.45) is 22.7 Å². The Hall–Kier alpha value is -0.860. The Labute approximate surface area is 134 Å². The molecule has 1 aromatic rings. The van der Waals surface area contributed by atoms with Gasteiger partial charge in [-0.05, 0) is 48.0 Å². The van der Waals surface area contributed by atoms with Crippen LogP contribution in [0.25, 0.3) is 0 Å². The second-order valence-electron chi connectivity index (χ2n) is 8.36. The summed E-state index contributed by atoms with van der Waals surface area (Å²) in [5.74, 6) is 1.50. The molecule has 0 spiro atoms. The summed E-state index contributed by atoms with van der Waals surface area (Å²) in [7, 11) is 0. The van der Waals surface area contributed by atoms with Crippen LogP contribution in [0.4, 0.5) is 0 Å². The minimum Gasteiger partial charge on any atom is -0.349 e. The normalized spacial score (nSPS) is 43.3. The fraction of sp³-hybridized carbons (Fsp3) is 0.700. The Morgan fingerprint density at radius 2 is 1.91 bits per heavy atom. The van der Waals surface area contributed by atoms with Crippen LogP contribution in [0.15, 0.2) is 30.3 Å². The quantitative estimate of drug-likeness (QED) is 0.786. The molecule has 0 radical (unpaired) electrons. The van der Waals surface area contributed by atoms with Gasteiger partial charge in [-0.1, -0.05) is 51.1 Å². The molecule has 2 bridgehead atoms. The third kappa shape index (κ3) is 1.86. The van der Waals surface area contributed by atoms with Gasteiger partial charge >= 0.3 is 0 Å². The first-order valence-electron chi connectivity index (χ1n) is 8.79. The van der Waals surface area contributed by atoms with Gasteiger partial charge < -0.3 is 9.47 Å². The number of benzene rings is 1. The molecule has 2 heteroatoms. The Kier molecular flexibility index (Phi) is 3.22. The summed E-state index contributed by atoms with van der Waals surface area (Å²) in [5.41, 5.74) is 1.98. The van der Waals surface area contributed by atoms with Gasteiger partial charge in [0.25, 0.3) is 0 Å². The fourth-order valence-corrected chi connectivity index (χ4v) is 5.60. The van der Waals surface area contributed by atoms with Crippen LogP contribution in [0.3, 0.4) is 0 Å². The van der Waals surface area contributed by atoms with E-state index in [9.17, 15) is 0 Å². The molecule has 2 saturated carbocycles. The molecule has 1 aromatic carbocycles. The molecule has 0 unspecified atom stereocenters. The highest BCUT2D eigenvalue weighted by Crippen LogP contribution is 2.71. The van der Waals surface area contributed by atoms with Crippen LogP contribution >= 0.6 is 0 Å². The molecule has 3 fully saturated rings. The molecule has 1 heterocycles. The molecule has 0 N–H and O–H groups in total. The van der Waals surface area contributed by atoms with Crippen LogP contribution in [0.5, 0.6) is 0 Å². The molecule has 120 valence electrons. The van der Waals surface area contributed by atoms with Crippen LogP contribution in [0.1, 0.15) is 58.6 Å². The topological polar surface area (TPSA) is 18.5 Å². The highest BCUT2D eigenvalue weighted by Gasteiger charge is 2.69. The van der Waals surface area contributed by atoms with Crippen molar-refractivity contribution in [3.63, 3.8) is 0 Å². The SMILES string of the molecule is C[C@H](O[C@H]1C[C@@H]2[C@H]3CC[C@@](C)([C@@H]2O1)C3(C)C)c1ccccc1. The first kappa shape index (κ1) is 14.7. The monoisotopic (exact) mass is 300 g/mol. The maximum absolute atomic E-state index is 6.43. The predicted octanol–water partition coefficient (Wildman–Crippen LogP) is 4.95. The lowest BCUT2D eigenvalue weighted by atomic mass is 9.70. The molecule has 6 atom stereocenters. The van der Waals surface area contributed by atoms with Crippen LogP contribution < -0.4 is 0 Å². The van der Waals surface area contributed by atoms with Gasteiger partial charge in [-0.25, -0.2) is 0 Å². The zero-order chi connectivity index (χ0) is 15.5. The molecule has 2 nitrogen and oxygen atoms in total. The summed E-state index contributed by atoms with van der Waals surface area (Å²) in [4.78, 5) is 0. The second-order valence-corrected chi connectivity index (χ2v) is 8.36. The number of ether oxygens (including phenoxy) is 2.